The zero-order chi connectivity index (χ0) is 12.8. The largest absolute Gasteiger partial charge is 0.346 e. The third-order valence-corrected chi connectivity index (χ3v) is 4.51. The molecule has 5 nitrogen and oxygen atoms in total. The summed E-state index contributed by atoms with van der Waals surface area (Å²) in [5.41, 5.74) is 2.31. The molecule has 3 atom stereocenters. The van der Waals surface area contributed by atoms with Gasteiger partial charge < -0.3 is 10.3 Å². The van der Waals surface area contributed by atoms with Crippen LogP contribution in [0.1, 0.15) is 24.9 Å². The maximum absolute atomic E-state index is 4.56. The standard InChI is InChI=1S/C14H17N5/c1-2-9-5-15-7-12(9)19-8-18-11-6-17-14-10(13(11)19)3-4-16-14/h3-4,6,8-9,12-13,15H,2,5,7H2,1H3/p+1/t9-,12?,13?/m1/s1. The van der Waals surface area contributed by atoms with Crippen molar-refractivity contribution in [2.45, 2.75) is 25.4 Å². The van der Waals surface area contributed by atoms with Gasteiger partial charge in [-0.2, -0.15) is 0 Å². The molecule has 3 aliphatic heterocycles. The van der Waals surface area contributed by atoms with E-state index in [1.54, 1.807) is 0 Å². The predicted molar refractivity (Wildman–Crippen MR) is 75.9 cm³/mol. The Bertz CT molecular complexity index is 595. The summed E-state index contributed by atoms with van der Waals surface area (Å²) in [5, 5.41) is 3.51. The lowest BCUT2D eigenvalue weighted by Crippen LogP contribution is -2.37. The van der Waals surface area contributed by atoms with Gasteiger partial charge in [0.05, 0.1) is 6.21 Å². The Morgan fingerprint density at radius 2 is 2.37 bits per heavy atom. The fraction of sp³-hybridized carbons (Fsp3) is 0.500. The van der Waals surface area contributed by atoms with Gasteiger partial charge in [-0.1, -0.05) is 6.92 Å². The SMILES string of the molecule is CC[C@@H]1CNCC1[N+]1=CN=C2C=Nc3[nH]ccc3C21. The van der Waals surface area contributed by atoms with E-state index in [1.165, 1.54) is 12.0 Å². The number of aromatic nitrogens is 1. The Morgan fingerprint density at radius 1 is 1.42 bits per heavy atom. The fourth-order valence-electron chi connectivity index (χ4n) is 3.44. The van der Waals surface area contributed by atoms with Crippen molar-refractivity contribution in [2.75, 3.05) is 13.1 Å². The highest BCUT2D eigenvalue weighted by atomic mass is 15.2. The van der Waals surface area contributed by atoms with Crippen LogP contribution in [0.3, 0.4) is 0 Å². The molecule has 0 spiro atoms. The van der Waals surface area contributed by atoms with Gasteiger partial charge in [-0.15, -0.1) is 0 Å². The molecule has 19 heavy (non-hydrogen) atoms. The maximum Gasteiger partial charge on any atom is 0.283 e. The number of aromatic amines is 1. The van der Waals surface area contributed by atoms with Crippen molar-refractivity contribution >= 4 is 24.1 Å². The second-order valence-corrected chi connectivity index (χ2v) is 5.45. The summed E-state index contributed by atoms with van der Waals surface area (Å²) >= 11 is 0. The molecule has 1 aromatic heterocycles. The minimum atomic E-state index is 0.248. The highest BCUT2D eigenvalue weighted by molar-refractivity contribution is 6.36. The lowest BCUT2D eigenvalue weighted by atomic mass is 9.96. The lowest BCUT2D eigenvalue weighted by Gasteiger charge is -2.23. The zero-order valence-electron chi connectivity index (χ0n) is 11.0. The Balaban J connectivity index is 1.72. The first-order valence-electron chi connectivity index (χ1n) is 6.99. The molecule has 4 heterocycles. The molecule has 0 amide bonds. The number of hydrogen-bond acceptors (Lipinski definition) is 3. The minimum absolute atomic E-state index is 0.248. The number of rotatable bonds is 2. The number of nitrogens with one attached hydrogen (secondary N) is 2. The molecule has 5 heteroatoms. The van der Waals surface area contributed by atoms with Crippen molar-refractivity contribution in [3.63, 3.8) is 0 Å². The molecular weight excluding hydrogens is 238 g/mol. The van der Waals surface area contributed by atoms with Gasteiger partial charge in [-0.3, -0.25) is 0 Å². The van der Waals surface area contributed by atoms with Crippen LogP contribution in [0.15, 0.2) is 22.2 Å². The third kappa shape index (κ3) is 1.54. The third-order valence-electron chi connectivity index (χ3n) is 4.51. The van der Waals surface area contributed by atoms with E-state index in [0.717, 1.165) is 24.6 Å². The molecule has 2 N–H and O–H groups in total. The van der Waals surface area contributed by atoms with E-state index in [9.17, 15) is 0 Å². The highest BCUT2D eigenvalue weighted by Gasteiger charge is 2.43. The Labute approximate surface area is 112 Å². The van der Waals surface area contributed by atoms with Crippen LogP contribution in [0.4, 0.5) is 5.82 Å². The normalized spacial score (nSPS) is 31.9. The monoisotopic (exact) mass is 256 g/mol. The van der Waals surface area contributed by atoms with Crippen LogP contribution < -0.4 is 5.32 Å². The van der Waals surface area contributed by atoms with Gasteiger partial charge >= 0.3 is 0 Å². The summed E-state index contributed by atoms with van der Waals surface area (Å²) in [7, 11) is 0. The van der Waals surface area contributed by atoms with E-state index < -0.39 is 0 Å². The van der Waals surface area contributed by atoms with Crippen LogP contribution in [0.2, 0.25) is 0 Å². The average molecular weight is 256 g/mol. The number of H-pyrrole nitrogens is 1. The van der Waals surface area contributed by atoms with E-state index in [-0.39, 0.29) is 6.04 Å². The molecule has 1 fully saturated rings. The van der Waals surface area contributed by atoms with E-state index in [4.69, 9.17) is 0 Å². The summed E-state index contributed by atoms with van der Waals surface area (Å²) in [6, 6.07) is 2.91. The number of aliphatic imine (C=N–C) groups is 2. The molecule has 0 aromatic carbocycles. The van der Waals surface area contributed by atoms with Gasteiger partial charge in [0.25, 0.3) is 6.34 Å². The van der Waals surface area contributed by atoms with Crippen molar-refractivity contribution in [1.29, 1.82) is 0 Å². The van der Waals surface area contributed by atoms with Gasteiger partial charge in [0.2, 0.25) is 5.71 Å². The first-order chi connectivity index (χ1) is 9.38. The fourth-order valence-corrected chi connectivity index (χ4v) is 3.44. The topological polar surface area (TPSA) is 55.5 Å². The molecule has 0 aliphatic carbocycles. The first kappa shape index (κ1) is 11.1. The van der Waals surface area contributed by atoms with E-state index in [2.05, 4.69) is 37.9 Å². The van der Waals surface area contributed by atoms with E-state index >= 15 is 0 Å². The number of nitrogens with zero attached hydrogens (tertiary/aromatic N) is 3. The van der Waals surface area contributed by atoms with Crippen molar-refractivity contribution in [2.24, 2.45) is 15.9 Å². The first-order valence-corrected chi connectivity index (χ1v) is 6.99. The summed E-state index contributed by atoms with van der Waals surface area (Å²) < 4.78 is 2.42. The second-order valence-electron chi connectivity index (χ2n) is 5.45. The minimum Gasteiger partial charge on any atom is -0.346 e. The highest BCUT2D eigenvalue weighted by Crippen LogP contribution is 2.35. The van der Waals surface area contributed by atoms with Crippen LogP contribution >= 0.6 is 0 Å². The van der Waals surface area contributed by atoms with Gasteiger partial charge in [0.15, 0.2) is 6.04 Å². The van der Waals surface area contributed by atoms with Crippen LogP contribution in [-0.4, -0.2) is 47.0 Å². The molecule has 4 rings (SSSR count). The van der Waals surface area contributed by atoms with Crippen LogP contribution in [-0.2, 0) is 0 Å². The van der Waals surface area contributed by atoms with Crippen LogP contribution in [0.5, 0.6) is 0 Å². The maximum atomic E-state index is 4.56. The molecular formula is C14H18N5+. The zero-order valence-corrected chi connectivity index (χ0v) is 11.0. The Morgan fingerprint density at radius 3 is 3.26 bits per heavy atom. The molecule has 1 aromatic rings. The molecule has 0 saturated carbocycles. The van der Waals surface area contributed by atoms with Gasteiger partial charge in [-0.05, 0) is 17.5 Å². The van der Waals surface area contributed by atoms with E-state index in [1.807, 2.05) is 18.7 Å². The van der Waals surface area contributed by atoms with Crippen molar-refractivity contribution < 1.29 is 4.58 Å². The summed E-state index contributed by atoms with van der Waals surface area (Å²) in [6.07, 6.45) is 7.07. The van der Waals surface area contributed by atoms with E-state index in [0.29, 0.717) is 12.0 Å². The smallest absolute Gasteiger partial charge is 0.283 e. The summed E-state index contributed by atoms with van der Waals surface area (Å²) in [4.78, 5) is 12.2. The van der Waals surface area contributed by atoms with Gasteiger partial charge in [0, 0.05) is 30.8 Å². The molecule has 2 unspecified atom stereocenters. The predicted octanol–water partition coefficient (Wildman–Crippen LogP) is 1.27. The van der Waals surface area contributed by atoms with Crippen molar-refractivity contribution in [1.82, 2.24) is 10.3 Å². The molecule has 3 aliphatic rings. The quantitative estimate of drug-likeness (QED) is 0.769. The van der Waals surface area contributed by atoms with Crippen molar-refractivity contribution in [3.8, 4) is 0 Å². The molecule has 0 radical (unpaired) electrons. The Hall–Kier alpha value is -1.75. The molecule has 0 bridgehead atoms. The van der Waals surface area contributed by atoms with Crippen molar-refractivity contribution in [3.05, 3.63) is 17.8 Å². The average Bonchev–Trinajstić information content (AvgIpc) is 3.15. The van der Waals surface area contributed by atoms with Gasteiger partial charge in [0.1, 0.15) is 11.9 Å². The molecule has 98 valence electrons. The lowest BCUT2D eigenvalue weighted by molar-refractivity contribution is -0.586. The number of hydrogen-bond donors (Lipinski definition) is 2. The van der Waals surface area contributed by atoms with Crippen LogP contribution in [0.25, 0.3) is 0 Å². The summed E-state index contributed by atoms with van der Waals surface area (Å²) in [6.45, 7) is 4.43. The van der Waals surface area contributed by atoms with Crippen LogP contribution in [0, 0.1) is 5.92 Å². The Kier molecular flexibility index (Phi) is 2.41. The summed E-state index contributed by atoms with van der Waals surface area (Å²) in [5.74, 6) is 1.68. The van der Waals surface area contributed by atoms with Gasteiger partial charge in [-0.25, -0.2) is 9.57 Å². The second kappa shape index (κ2) is 4.13. The molecule has 1 saturated heterocycles. The number of fused-ring (bicyclic) bond motifs is 3.